The Bertz CT molecular complexity index is 2180. The Kier molecular flexibility index (Phi) is 10.9. The zero-order valence-corrected chi connectivity index (χ0v) is 32.5. The van der Waals surface area contributed by atoms with Crippen LogP contribution in [-0.4, -0.2) is 90.8 Å². The lowest BCUT2D eigenvalue weighted by atomic mass is 9.92. The van der Waals surface area contributed by atoms with E-state index in [0.29, 0.717) is 64.1 Å². The number of nitrogens with zero attached hydrogens (tertiary/aromatic N) is 6. The fourth-order valence-electron chi connectivity index (χ4n) is 6.79. The van der Waals surface area contributed by atoms with Gasteiger partial charge in [-0.1, -0.05) is 17.8 Å². The molecule has 4 heterocycles. The number of aryl methyl sites for hydroxylation is 1. The second kappa shape index (κ2) is 15.8. The van der Waals surface area contributed by atoms with Crippen LogP contribution in [0, 0.1) is 3.57 Å². The summed E-state index contributed by atoms with van der Waals surface area (Å²) in [6, 6.07) is 7.98. The minimum Gasteiger partial charge on any atom is -0.454 e. The van der Waals surface area contributed by atoms with Gasteiger partial charge in [0.25, 0.3) is 5.91 Å². The van der Waals surface area contributed by atoms with E-state index in [1.807, 2.05) is 30.5 Å². The molecule has 2 aromatic carbocycles. The smallest absolute Gasteiger partial charge is 0.411 e. The summed E-state index contributed by atoms with van der Waals surface area (Å²) in [5, 5.41) is 3.35. The van der Waals surface area contributed by atoms with E-state index in [-0.39, 0.29) is 80.9 Å². The van der Waals surface area contributed by atoms with E-state index in [0.717, 1.165) is 8.47 Å². The summed E-state index contributed by atoms with van der Waals surface area (Å²) in [5.74, 6) is 0.730. The lowest BCUT2D eigenvalue weighted by Gasteiger charge is -2.29. The molecule has 2 aliphatic heterocycles. The highest BCUT2D eigenvalue weighted by atomic mass is 127. The molecule has 0 radical (unpaired) electrons. The summed E-state index contributed by atoms with van der Waals surface area (Å²) in [6.45, 7) is 4.90. The van der Waals surface area contributed by atoms with Crippen LogP contribution < -0.4 is 20.5 Å². The number of hydrogen-bond acceptors (Lipinski definition) is 13. The van der Waals surface area contributed by atoms with Gasteiger partial charge >= 0.3 is 6.09 Å². The summed E-state index contributed by atoms with van der Waals surface area (Å²) in [7, 11) is 0. The number of halogens is 1. The number of nitrogen functional groups attached to an aromatic ring is 1. The third-order valence-corrected chi connectivity index (χ3v) is 11.8. The molecule has 3 amide bonds. The van der Waals surface area contributed by atoms with E-state index in [1.165, 1.54) is 23.0 Å². The molecule has 1 fully saturated rings. The second-order valence-corrected chi connectivity index (χ2v) is 15.4. The van der Waals surface area contributed by atoms with Crippen molar-refractivity contribution in [3.8, 4) is 11.5 Å². The summed E-state index contributed by atoms with van der Waals surface area (Å²) < 4.78 is 19.4. The first-order valence-corrected chi connectivity index (χ1v) is 19.3. The molecule has 18 heteroatoms. The zero-order valence-electron chi connectivity index (χ0n) is 29.5. The van der Waals surface area contributed by atoms with Gasteiger partial charge in [0.1, 0.15) is 18.7 Å². The number of rotatable bonds is 12. The molecule has 2 aromatic heterocycles. The average Bonchev–Trinajstić information content (AvgIpc) is 3.83. The van der Waals surface area contributed by atoms with Gasteiger partial charge in [0.15, 0.2) is 39.4 Å². The number of ketones is 2. The number of benzene rings is 2. The summed E-state index contributed by atoms with van der Waals surface area (Å²) >= 11 is 3.69. The van der Waals surface area contributed by atoms with Crippen molar-refractivity contribution < 1.29 is 38.2 Å². The lowest BCUT2D eigenvalue weighted by molar-refractivity contribution is -0.134. The number of carbonyl (C=O) groups is 5. The van der Waals surface area contributed by atoms with Gasteiger partial charge in [-0.2, -0.15) is 0 Å². The number of nitrogens with two attached hydrogens (primary N) is 1. The number of Topliss-reactive ketones (excluding diaryl/α,β-unsaturated/α-hetero) is 2. The molecule has 1 aliphatic carbocycles. The molecule has 0 spiro atoms. The Morgan fingerprint density at radius 1 is 1.17 bits per heavy atom. The largest absolute Gasteiger partial charge is 0.454 e. The van der Waals surface area contributed by atoms with Crippen LogP contribution >= 0.6 is 34.4 Å². The average molecular weight is 869 g/mol. The Morgan fingerprint density at radius 2 is 1.96 bits per heavy atom. The first-order chi connectivity index (χ1) is 26.0. The molecule has 16 nitrogen and oxygen atoms in total. The van der Waals surface area contributed by atoms with Crippen molar-refractivity contribution in [1.82, 2.24) is 29.3 Å². The van der Waals surface area contributed by atoms with Crippen LogP contribution in [0.2, 0.25) is 0 Å². The lowest BCUT2D eigenvalue weighted by Crippen LogP contribution is -2.44. The van der Waals surface area contributed by atoms with Crippen LogP contribution in [0.4, 0.5) is 16.3 Å². The maximum atomic E-state index is 13.4. The van der Waals surface area contributed by atoms with Gasteiger partial charge in [-0.05, 0) is 73.5 Å². The number of aromatic nitrogens is 4. The second-order valence-electron chi connectivity index (χ2n) is 13.3. The minimum absolute atomic E-state index is 0.0330. The quantitative estimate of drug-likeness (QED) is 0.145. The number of nitrogens with one attached hydrogen (secondary N) is 1. The number of hydrogen-bond donors (Lipinski definition) is 2. The van der Waals surface area contributed by atoms with E-state index in [9.17, 15) is 24.0 Å². The van der Waals surface area contributed by atoms with Crippen molar-refractivity contribution in [3.05, 3.63) is 51.4 Å². The number of ether oxygens (including phenoxy) is 3. The first-order valence-electron chi connectivity index (χ1n) is 17.4. The van der Waals surface area contributed by atoms with Crippen molar-refractivity contribution in [3.63, 3.8) is 0 Å². The van der Waals surface area contributed by atoms with Gasteiger partial charge < -0.3 is 34.3 Å². The first kappa shape index (κ1) is 37.3. The molecular formula is C36H37IN8O8S. The molecule has 1 saturated carbocycles. The molecule has 0 saturated heterocycles. The molecule has 4 aromatic rings. The third kappa shape index (κ3) is 7.66. The number of imidazole rings is 1. The Labute approximate surface area is 327 Å². The van der Waals surface area contributed by atoms with Crippen molar-refractivity contribution in [2.45, 2.75) is 81.2 Å². The monoisotopic (exact) mass is 868 g/mol. The van der Waals surface area contributed by atoms with E-state index in [2.05, 4.69) is 37.9 Å². The Morgan fingerprint density at radius 3 is 2.74 bits per heavy atom. The zero-order chi connectivity index (χ0) is 38.1. The maximum Gasteiger partial charge on any atom is 0.411 e. The number of amides is 3. The molecule has 282 valence electrons. The number of anilines is 2. The predicted octanol–water partition coefficient (Wildman–Crippen LogP) is 4.81. The van der Waals surface area contributed by atoms with Gasteiger partial charge in [0.2, 0.25) is 12.7 Å². The Hall–Kier alpha value is -4.98. The summed E-state index contributed by atoms with van der Waals surface area (Å²) in [5.41, 5.74) is 8.58. The maximum absolute atomic E-state index is 13.4. The highest BCUT2D eigenvalue weighted by molar-refractivity contribution is 14.1. The van der Waals surface area contributed by atoms with Gasteiger partial charge in [-0.3, -0.25) is 24.5 Å². The normalized spacial score (nSPS) is 16.3. The van der Waals surface area contributed by atoms with E-state index < -0.39 is 12.1 Å². The Balaban J connectivity index is 0.946. The number of fused-ring (bicyclic) bond motifs is 3. The molecule has 3 N–H and O–H groups in total. The third-order valence-electron chi connectivity index (χ3n) is 9.48. The molecule has 1 atom stereocenters. The van der Waals surface area contributed by atoms with E-state index >= 15 is 0 Å². The molecule has 3 aliphatic rings. The van der Waals surface area contributed by atoms with Gasteiger partial charge in [-0.15, -0.1) is 0 Å². The van der Waals surface area contributed by atoms with Crippen LogP contribution in [-0.2, 0) is 32.2 Å². The molecule has 7 rings (SSSR count). The van der Waals surface area contributed by atoms with Crippen LogP contribution in [0.25, 0.3) is 11.2 Å². The highest BCUT2D eigenvalue weighted by Crippen LogP contribution is 2.42. The molecular weight excluding hydrogens is 831 g/mol. The van der Waals surface area contributed by atoms with Crippen LogP contribution in [0.5, 0.6) is 11.5 Å². The fourth-order valence-corrected chi connectivity index (χ4v) is 8.50. The highest BCUT2D eigenvalue weighted by Gasteiger charge is 2.40. The van der Waals surface area contributed by atoms with E-state index in [4.69, 9.17) is 24.9 Å². The topological polar surface area (TPSA) is 201 Å². The van der Waals surface area contributed by atoms with Crippen molar-refractivity contribution in [2.75, 3.05) is 31.0 Å². The molecule has 54 heavy (non-hydrogen) atoms. The molecule has 0 bridgehead atoms. The number of carbonyl (C=O) groups excluding carboxylic acids is 5. The molecule has 1 unspecified atom stereocenters. The standard InChI is InChI=1S/C36H37IN8O8S/c1-19(2)43(10-4-11-44-33-31(32(38)39-17-40-33)42-35(44)54-29-15-28-27(14-23(29)37)52-18-53-28)30(48)9-12-51-36(50)41-24-6-3-5-21-22(24)16-45(34(21)49)25-8-7-20(46)13-26(25)47/h3,5-6,14-15,17,19,25H,4,7-13,16,18H2,1-2H3,(H,41,50)(H2,38,39,40). The summed E-state index contributed by atoms with van der Waals surface area (Å²) in [6.07, 6.45) is 1.53. The fraction of sp³-hybridized carbons (Fsp3) is 0.389. The van der Waals surface area contributed by atoms with Gasteiger partial charge in [0, 0.05) is 57.4 Å². The van der Waals surface area contributed by atoms with Crippen LogP contribution in [0.15, 0.2) is 46.7 Å². The van der Waals surface area contributed by atoms with Gasteiger partial charge in [-0.25, -0.2) is 19.7 Å². The van der Waals surface area contributed by atoms with Gasteiger partial charge in [0.05, 0.1) is 18.9 Å². The van der Waals surface area contributed by atoms with Crippen molar-refractivity contribution >= 4 is 86.5 Å². The van der Waals surface area contributed by atoms with Crippen molar-refractivity contribution in [1.29, 1.82) is 0 Å². The summed E-state index contributed by atoms with van der Waals surface area (Å²) in [4.78, 5) is 81.1. The minimum atomic E-state index is -0.770. The SMILES string of the molecule is CC(C)N(CCCn1c(Sc2cc3c(cc2I)OCO3)nc2c(N)ncnc21)C(=O)CCOC(=O)Nc1cccc2c1CN(C1CCC(=O)CC1=O)C2=O. The van der Waals surface area contributed by atoms with E-state index in [1.54, 1.807) is 23.1 Å². The predicted molar refractivity (Wildman–Crippen MR) is 204 cm³/mol. The van der Waals surface area contributed by atoms with Crippen LogP contribution in [0.3, 0.4) is 0 Å². The van der Waals surface area contributed by atoms with Crippen LogP contribution in [0.1, 0.15) is 61.9 Å². The van der Waals surface area contributed by atoms with Crippen molar-refractivity contribution in [2.24, 2.45) is 0 Å².